The summed E-state index contributed by atoms with van der Waals surface area (Å²) in [6.45, 7) is 8.11. The maximum atomic E-state index is 9.73. The minimum Gasteiger partial charge on any atom is -0.496 e. The van der Waals surface area contributed by atoms with Crippen LogP contribution in [0, 0.1) is 0 Å². The fraction of sp³-hybridized carbons (Fsp3) is 0.625. The van der Waals surface area contributed by atoms with Crippen LogP contribution in [0.2, 0.25) is 0 Å². The monoisotopic (exact) mass is 250 g/mol. The molecule has 0 spiro atoms. The largest absolute Gasteiger partial charge is 0.496 e. The number of hydrogen-bond donors (Lipinski definition) is 1. The van der Waals surface area contributed by atoms with E-state index in [1.54, 1.807) is 7.11 Å². The second-order valence-corrected chi connectivity index (χ2v) is 5.89. The molecule has 102 valence electrons. The first-order valence-electron chi connectivity index (χ1n) is 6.72. The number of methoxy groups -OCH3 is 1. The van der Waals surface area contributed by atoms with Crippen molar-refractivity contribution < 1.29 is 9.84 Å². The highest BCUT2D eigenvalue weighted by Crippen LogP contribution is 2.26. The quantitative estimate of drug-likeness (QED) is 0.829. The van der Waals surface area contributed by atoms with E-state index in [1.807, 2.05) is 13.8 Å². The molecule has 0 atom stereocenters. The summed E-state index contributed by atoms with van der Waals surface area (Å²) in [6.07, 6.45) is 2.73. The van der Waals surface area contributed by atoms with E-state index in [-0.39, 0.29) is 0 Å². The van der Waals surface area contributed by atoms with E-state index in [9.17, 15) is 5.11 Å². The first-order chi connectivity index (χ1) is 8.33. The van der Waals surface area contributed by atoms with Gasteiger partial charge in [-0.1, -0.05) is 26.0 Å². The number of ether oxygens (including phenoxy) is 1. The van der Waals surface area contributed by atoms with E-state index in [2.05, 4.69) is 32.0 Å². The number of aryl methyl sites for hydroxylation is 1. The zero-order chi connectivity index (χ0) is 13.8. The Morgan fingerprint density at radius 1 is 1.28 bits per heavy atom. The van der Waals surface area contributed by atoms with Crippen molar-refractivity contribution in [1.29, 1.82) is 0 Å². The summed E-state index contributed by atoms with van der Waals surface area (Å²) in [5, 5.41) is 9.73. The summed E-state index contributed by atoms with van der Waals surface area (Å²) in [5.74, 6) is 1.49. The summed E-state index contributed by atoms with van der Waals surface area (Å²) in [5.41, 5.74) is 2.00. The molecule has 1 aromatic rings. The maximum absolute atomic E-state index is 9.73. The highest BCUT2D eigenvalue weighted by molar-refractivity contribution is 5.38. The molecule has 0 radical (unpaired) electrons. The van der Waals surface area contributed by atoms with E-state index in [0.29, 0.717) is 5.92 Å². The Labute approximate surface area is 111 Å². The third-order valence-electron chi connectivity index (χ3n) is 3.21. The van der Waals surface area contributed by atoms with Gasteiger partial charge in [0.15, 0.2) is 0 Å². The molecule has 0 aliphatic heterocycles. The molecule has 18 heavy (non-hydrogen) atoms. The van der Waals surface area contributed by atoms with Gasteiger partial charge in [-0.15, -0.1) is 0 Å². The van der Waals surface area contributed by atoms with Crippen LogP contribution in [0.5, 0.6) is 5.75 Å². The van der Waals surface area contributed by atoms with Gasteiger partial charge in [-0.25, -0.2) is 0 Å². The van der Waals surface area contributed by atoms with Crippen LogP contribution >= 0.6 is 0 Å². The van der Waals surface area contributed by atoms with Crippen molar-refractivity contribution in [3.8, 4) is 5.75 Å². The zero-order valence-electron chi connectivity index (χ0n) is 12.3. The van der Waals surface area contributed by atoms with E-state index in [1.165, 1.54) is 11.1 Å². The van der Waals surface area contributed by atoms with Gasteiger partial charge in [0.2, 0.25) is 0 Å². The van der Waals surface area contributed by atoms with Crippen molar-refractivity contribution >= 4 is 0 Å². The van der Waals surface area contributed by atoms with Gasteiger partial charge in [-0.3, -0.25) is 0 Å². The summed E-state index contributed by atoms with van der Waals surface area (Å²) in [6, 6.07) is 6.41. The molecule has 0 aromatic heterocycles. The van der Waals surface area contributed by atoms with Crippen LogP contribution in [-0.4, -0.2) is 17.8 Å². The molecule has 0 heterocycles. The normalized spacial score (nSPS) is 11.9. The van der Waals surface area contributed by atoms with Gasteiger partial charge in [0, 0.05) is 0 Å². The Morgan fingerprint density at radius 3 is 2.44 bits per heavy atom. The number of benzene rings is 1. The topological polar surface area (TPSA) is 29.5 Å². The lowest BCUT2D eigenvalue weighted by atomic mass is 9.95. The van der Waals surface area contributed by atoms with E-state index in [4.69, 9.17) is 4.74 Å². The van der Waals surface area contributed by atoms with Crippen molar-refractivity contribution in [3.63, 3.8) is 0 Å². The molecule has 0 saturated carbocycles. The lowest BCUT2D eigenvalue weighted by Gasteiger charge is -2.17. The van der Waals surface area contributed by atoms with Crippen LogP contribution in [0.25, 0.3) is 0 Å². The minimum absolute atomic E-state index is 0.531. The lowest BCUT2D eigenvalue weighted by Crippen LogP contribution is -2.18. The van der Waals surface area contributed by atoms with Crippen LogP contribution in [0.15, 0.2) is 18.2 Å². The Balaban J connectivity index is 2.75. The second kappa shape index (κ2) is 6.24. The minimum atomic E-state index is -0.580. The van der Waals surface area contributed by atoms with Crippen molar-refractivity contribution in [3.05, 3.63) is 29.3 Å². The highest BCUT2D eigenvalue weighted by atomic mass is 16.5. The summed E-state index contributed by atoms with van der Waals surface area (Å²) in [7, 11) is 1.71. The summed E-state index contributed by atoms with van der Waals surface area (Å²) < 4.78 is 5.40. The molecule has 1 aromatic carbocycles. The fourth-order valence-corrected chi connectivity index (χ4v) is 2.06. The van der Waals surface area contributed by atoms with Crippen LogP contribution in [-0.2, 0) is 6.42 Å². The number of rotatable bonds is 6. The maximum Gasteiger partial charge on any atom is 0.122 e. The zero-order valence-corrected chi connectivity index (χ0v) is 12.3. The molecule has 0 fully saturated rings. The van der Waals surface area contributed by atoms with Gasteiger partial charge < -0.3 is 9.84 Å². The number of hydrogen-bond acceptors (Lipinski definition) is 2. The Hall–Kier alpha value is -1.02. The highest BCUT2D eigenvalue weighted by Gasteiger charge is 2.13. The lowest BCUT2D eigenvalue weighted by molar-refractivity contribution is 0.0689. The molecule has 2 nitrogen and oxygen atoms in total. The molecule has 0 unspecified atom stereocenters. The van der Waals surface area contributed by atoms with Crippen molar-refractivity contribution in [2.75, 3.05) is 7.11 Å². The molecule has 1 N–H and O–H groups in total. The van der Waals surface area contributed by atoms with E-state index < -0.39 is 5.60 Å². The standard InChI is InChI=1S/C16H26O2/c1-12(2)13-8-9-15(18-5)14(11-13)7-6-10-16(3,4)17/h8-9,11-12,17H,6-7,10H2,1-5H3. The van der Waals surface area contributed by atoms with E-state index in [0.717, 1.165) is 25.0 Å². The molecule has 0 aliphatic carbocycles. The molecule has 2 heteroatoms. The molecule has 1 rings (SSSR count). The smallest absolute Gasteiger partial charge is 0.122 e. The van der Waals surface area contributed by atoms with Gasteiger partial charge in [-0.05, 0) is 56.2 Å². The Morgan fingerprint density at radius 2 is 1.94 bits per heavy atom. The van der Waals surface area contributed by atoms with Crippen LogP contribution < -0.4 is 4.74 Å². The second-order valence-electron chi connectivity index (χ2n) is 5.89. The fourth-order valence-electron chi connectivity index (χ4n) is 2.06. The van der Waals surface area contributed by atoms with Crippen molar-refractivity contribution in [2.24, 2.45) is 0 Å². The molecule has 0 bridgehead atoms. The van der Waals surface area contributed by atoms with E-state index >= 15 is 0 Å². The SMILES string of the molecule is COc1ccc(C(C)C)cc1CCCC(C)(C)O. The number of aliphatic hydroxyl groups is 1. The van der Waals surface area contributed by atoms with Crippen molar-refractivity contribution in [1.82, 2.24) is 0 Å². The third-order valence-corrected chi connectivity index (χ3v) is 3.21. The Bertz CT molecular complexity index is 375. The average Bonchev–Trinajstić information content (AvgIpc) is 2.27. The first kappa shape index (κ1) is 15.0. The first-order valence-corrected chi connectivity index (χ1v) is 6.72. The van der Waals surface area contributed by atoms with Gasteiger partial charge in [0.1, 0.15) is 5.75 Å². The molecular formula is C16H26O2. The molecule has 0 aliphatic rings. The molecular weight excluding hydrogens is 224 g/mol. The molecule has 0 saturated heterocycles. The molecule has 0 amide bonds. The van der Waals surface area contributed by atoms with Gasteiger partial charge in [0.05, 0.1) is 12.7 Å². The van der Waals surface area contributed by atoms with Gasteiger partial charge in [-0.2, -0.15) is 0 Å². The van der Waals surface area contributed by atoms with Crippen LogP contribution in [0.3, 0.4) is 0 Å². The summed E-state index contributed by atoms with van der Waals surface area (Å²) in [4.78, 5) is 0. The van der Waals surface area contributed by atoms with Gasteiger partial charge in [0.25, 0.3) is 0 Å². The van der Waals surface area contributed by atoms with Gasteiger partial charge >= 0.3 is 0 Å². The summed E-state index contributed by atoms with van der Waals surface area (Å²) >= 11 is 0. The third kappa shape index (κ3) is 4.69. The van der Waals surface area contributed by atoms with Crippen LogP contribution in [0.4, 0.5) is 0 Å². The average molecular weight is 250 g/mol. The predicted octanol–water partition coefficient (Wildman–Crippen LogP) is 3.91. The van der Waals surface area contributed by atoms with Crippen molar-refractivity contribution in [2.45, 2.75) is 58.5 Å². The van der Waals surface area contributed by atoms with Crippen LogP contribution in [0.1, 0.15) is 57.6 Å². The predicted molar refractivity (Wildman–Crippen MR) is 76.3 cm³/mol. The Kier molecular flexibility index (Phi) is 5.21.